The van der Waals surface area contributed by atoms with Gasteiger partial charge in [-0.25, -0.2) is 4.98 Å². The fourth-order valence-electron chi connectivity index (χ4n) is 9.38. The summed E-state index contributed by atoms with van der Waals surface area (Å²) < 4.78 is 9.50. The summed E-state index contributed by atoms with van der Waals surface area (Å²) >= 11 is 0. The third-order valence-corrected chi connectivity index (χ3v) is 11.7. The normalized spacial score (nSPS) is 13.6. The van der Waals surface area contributed by atoms with Gasteiger partial charge in [-0.3, -0.25) is 13.5 Å². The van der Waals surface area contributed by atoms with Crippen LogP contribution in [0, 0.1) is 0 Å². The van der Waals surface area contributed by atoms with Gasteiger partial charge in [0.2, 0.25) is 5.78 Å². The van der Waals surface area contributed by atoms with E-state index in [9.17, 15) is 0 Å². The summed E-state index contributed by atoms with van der Waals surface area (Å²) in [4.78, 5) is 5.43. The van der Waals surface area contributed by atoms with E-state index in [1.165, 1.54) is 44.1 Å². The number of benzene rings is 7. The van der Waals surface area contributed by atoms with Gasteiger partial charge < -0.3 is 4.57 Å². The van der Waals surface area contributed by atoms with Gasteiger partial charge in [0.25, 0.3) is 0 Å². The lowest BCUT2D eigenvalue weighted by atomic mass is 9.82. The molecule has 4 heterocycles. The van der Waals surface area contributed by atoms with Gasteiger partial charge in [0.15, 0.2) is 5.65 Å². The van der Waals surface area contributed by atoms with Crippen molar-refractivity contribution in [2.75, 3.05) is 0 Å². The SMILES string of the molecule is CC1(C)c2ccccc2-c2cc3c4cc(-n5c6ccccc6c6nc7n(-c8ccccc8)c8ccccc8n7c65)ccc4n(-c4ccccc4)c3cc21. The molecular formula is C48H33N5. The first-order chi connectivity index (χ1) is 26.1. The van der Waals surface area contributed by atoms with Crippen molar-refractivity contribution in [3.05, 3.63) is 175 Å². The molecule has 53 heavy (non-hydrogen) atoms. The summed E-state index contributed by atoms with van der Waals surface area (Å²) in [7, 11) is 0. The minimum absolute atomic E-state index is 0.0920. The number of imidazole rings is 2. The monoisotopic (exact) mass is 679 g/mol. The molecule has 0 aliphatic heterocycles. The Bertz CT molecular complexity index is 3300. The molecular weight excluding hydrogens is 647 g/mol. The molecule has 12 rings (SSSR count). The number of fused-ring (bicyclic) bond motifs is 13. The highest BCUT2D eigenvalue weighted by Crippen LogP contribution is 2.51. The second kappa shape index (κ2) is 10.1. The van der Waals surface area contributed by atoms with E-state index < -0.39 is 0 Å². The third-order valence-electron chi connectivity index (χ3n) is 11.7. The molecule has 5 heteroatoms. The fraction of sp³-hybridized carbons (Fsp3) is 0.0625. The maximum atomic E-state index is 5.43. The molecule has 11 aromatic rings. The highest BCUT2D eigenvalue weighted by Gasteiger charge is 2.36. The van der Waals surface area contributed by atoms with Gasteiger partial charge in [-0.1, -0.05) is 105 Å². The van der Waals surface area contributed by atoms with E-state index in [1.54, 1.807) is 0 Å². The van der Waals surface area contributed by atoms with Gasteiger partial charge in [-0.2, -0.15) is 0 Å². The number of nitrogens with zero attached hydrogens (tertiary/aromatic N) is 5. The molecule has 1 aliphatic rings. The van der Waals surface area contributed by atoms with Crippen LogP contribution in [0.25, 0.3) is 88.9 Å². The number of hydrogen-bond acceptors (Lipinski definition) is 1. The molecule has 0 radical (unpaired) electrons. The average Bonchev–Trinajstić information content (AvgIpc) is 3.96. The van der Waals surface area contributed by atoms with Crippen LogP contribution < -0.4 is 0 Å². The summed E-state index contributed by atoms with van der Waals surface area (Å²) in [5.74, 6) is 0.903. The Hall–Kier alpha value is -6.85. The highest BCUT2D eigenvalue weighted by atomic mass is 15.3. The molecule has 0 amide bonds. The van der Waals surface area contributed by atoms with Crippen LogP contribution in [-0.4, -0.2) is 23.1 Å². The van der Waals surface area contributed by atoms with Crippen LogP contribution in [0.1, 0.15) is 25.0 Å². The Morgan fingerprint density at radius 1 is 0.415 bits per heavy atom. The molecule has 1 aliphatic carbocycles. The summed E-state index contributed by atoms with van der Waals surface area (Å²) in [6.07, 6.45) is 0. The van der Waals surface area contributed by atoms with E-state index in [1.807, 2.05) is 0 Å². The van der Waals surface area contributed by atoms with Crippen molar-refractivity contribution in [3.63, 3.8) is 0 Å². The molecule has 0 atom stereocenters. The van der Waals surface area contributed by atoms with Gasteiger partial charge in [-0.05, 0) is 95.1 Å². The van der Waals surface area contributed by atoms with Crippen LogP contribution in [-0.2, 0) is 5.41 Å². The maximum Gasteiger partial charge on any atom is 0.221 e. The van der Waals surface area contributed by atoms with Crippen LogP contribution in [0.2, 0.25) is 0 Å². The Morgan fingerprint density at radius 3 is 1.83 bits per heavy atom. The van der Waals surface area contributed by atoms with Gasteiger partial charge in [0, 0.05) is 38.6 Å². The van der Waals surface area contributed by atoms with Crippen LogP contribution in [0.3, 0.4) is 0 Å². The van der Waals surface area contributed by atoms with Crippen LogP contribution in [0.5, 0.6) is 0 Å². The zero-order valence-electron chi connectivity index (χ0n) is 29.3. The second-order valence-electron chi connectivity index (χ2n) is 14.9. The Balaban J connectivity index is 1.21. The van der Waals surface area contributed by atoms with Crippen molar-refractivity contribution in [3.8, 4) is 28.2 Å². The standard InChI is InChI=1S/C48H33N5/c1-48(2)38-21-11-9-19-33(38)35-28-37-36-27-32(25-26-41(36)50(44(37)29-39(35)48)30-15-5-3-6-16-30)51-40-22-12-10-20-34(40)45-46(51)53-43-24-14-13-23-42(43)52(47(53)49-45)31-17-7-4-8-18-31/h3-29H,1-2H3. The maximum absolute atomic E-state index is 5.43. The zero-order valence-corrected chi connectivity index (χ0v) is 29.3. The van der Waals surface area contributed by atoms with Gasteiger partial charge >= 0.3 is 0 Å². The van der Waals surface area contributed by atoms with Crippen molar-refractivity contribution in [2.45, 2.75) is 19.3 Å². The molecule has 0 bridgehead atoms. The molecule has 250 valence electrons. The Labute approximate surface area is 305 Å². The minimum atomic E-state index is -0.0920. The van der Waals surface area contributed by atoms with E-state index in [0.717, 1.165) is 55.9 Å². The van der Waals surface area contributed by atoms with E-state index in [2.05, 4.69) is 196 Å². The molecule has 0 unspecified atom stereocenters. The molecule has 0 saturated carbocycles. The van der Waals surface area contributed by atoms with Crippen molar-refractivity contribution in [1.29, 1.82) is 0 Å². The van der Waals surface area contributed by atoms with Crippen molar-refractivity contribution >= 4 is 60.7 Å². The number of hydrogen-bond donors (Lipinski definition) is 0. The summed E-state index contributed by atoms with van der Waals surface area (Å²) in [5, 5.41) is 3.62. The fourth-order valence-corrected chi connectivity index (χ4v) is 9.38. The van der Waals surface area contributed by atoms with E-state index >= 15 is 0 Å². The summed E-state index contributed by atoms with van der Waals surface area (Å²) in [5.41, 5.74) is 16.6. The first kappa shape index (κ1) is 28.8. The molecule has 0 spiro atoms. The van der Waals surface area contributed by atoms with Gasteiger partial charge in [0.1, 0.15) is 5.52 Å². The lowest BCUT2D eigenvalue weighted by molar-refractivity contribution is 0.661. The van der Waals surface area contributed by atoms with Crippen molar-refractivity contribution in [2.24, 2.45) is 0 Å². The number of aromatic nitrogens is 5. The molecule has 7 aromatic carbocycles. The molecule has 0 saturated heterocycles. The highest BCUT2D eigenvalue weighted by molar-refractivity contribution is 6.13. The first-order valence-corrected chi connectivity index (χ1v) is 18.3. The minimum Gasteiger partial charge on any atom is -0.309 e. The lowest BCUT2D eigenvalue weighted by Crippen LogP contribution is -2.14. The summed E-state index contributed by atoms with van der Waals surface area (Å²) in [6.45, 7) is 4.72. The quantitative estimate of drug-likeness (QED) is 0.183. The largest absolute Gasteiger partial charge is 0.309 e. The predicted molar refractivity (Wildman–Crippen MR) is 218 cm³/mol. The van der Waals surface area contributed by atoms with Gasteiger partial charge in [-0.15, -0.1) is 0 Å². The van der Waals surface area contributed by atoms with E-state index in [0.29, 0.717) is 0 Å². The lowest BCUT2D eigenvalue weighted by Gasteiger charge is -2.21. The molecule has 5 nitrogen and oxygen atoms in total. The zero-order chi connectivity index (χ0) is 35.0. The number of para-hydroxylation sites is 5. The van der Waals surface area contributed by atoms with Crippen LogP contribution in [0.15, 0.2) is 164 Å². The smallest absolute Gasteiger partial charge is 0.221 e. The van der Waals surface area contributed by atoms with Crippen molar-refractivity contribution < 1.29 is 0 Å². The molecule has 0 fully saturated rings. The third kappa shape index (κ3) is 3.68. The second-order valence-corrected chi connectivity index (χ2v) is 14.9. The van der Waals surface area contributed by atoms with E-state index in [4.69, 9.17) is 4.98 Å². The average molecular weight is 680 g/mol. The van der Waals surface area contributed by atoms with E-state index in [-0.39, 0.29) is 5.41 Å². The first-order valence-electron chi connectivity index (χ1n) is 18.3. The molecule has 4 aromatic heterocycles. The van der Waals surface area contributed by atoms with Crippen LogP contribution >= 0.6 is 0 Å². The van der Waals surface area contributed by atoms with Gasteiger partial charge in [0.05, 0.1) is 27.6 Å². The Kier molecular flexibility index (Phi) is 5.51. The molecule has 0 N–H and O–H groups in total. The number of rotatable bonds is 3. The topological polar surface area (TPSA) is 32.1 Å². The Morgan fingerprint density at radius 2 is 1.04 bits per heavy atom. The predicted octanol–water partition coefficient (Wildman–Crippen LogP) is 11.8. The summed E-state index contributed by atoms with van der Waals surface area (Å²) in [6, 6.07) is 59.5. The van der Waals surface area contributed by atoms with Crippen LogP contribution in [0.4, 0.5) is 0 Å². The van der Waals surface area contributed by atoms with Crippen molar-refractivity contribution in [1.82, 2.24) is 23.1 Å².